The first-order valence-electron chi connectivity index (χ1n) is 6.87. The average molecular weight is 288 g/mol. The SMILES string of the molecule is COc1ccc(C(=O)NC(C)CCc2ccco2)c(N)c1. The number of ether oxygens (including phenoxy) is 1. The smallest absolute Gasteiger partial charge is 0.253 e. The molecule has 1 unspecified atom stereocenters. The van der Waals surface area contributed by atoms with Crippen LogP contribution in [0.15, 0.2) is 41.0 Å². The maximum Gasteiger partial charge on any atom is 0.253 e. The maximum absolute atomic E-state index is 12.2. The molecule has 5 nitrogen and oxygen atoms in total. The Morgan fingerprint density at radius 3 is 2.86 bits per heavy atom. The van der Waals surface area contributed by atoms with E-state index in [0.29, 0.717) is 17.0 Å². The molecule has 1 atom stereocenters. The summed E-state index contributed by atoms with van der Waals surface area (Å²) in [5.74, 6) is 1.37. The number of nitrogens with one attached hydrogen (secondary N) is 1. The number of carbonyl (C=O) groups excluding carboxylic acids is 1. The van der Waals surface area contributed by atoms with Gasteiger partial charge < -0.3 is 20.2 Å². The molecular formula is C16H20N2O3. The minimum atomic E-state index is -0.179. The van der Waals surface area contributed by atoms with Crippen molar-refractivity contribution in [3.8, 4) is 5.75 Å². The first-order valence-corrected chi connectivity index (χ1v) is 6.87. The zero-order valence-corrected chi connectivity index (χ0v) is 12.3. The number of aryl methyl sites for hydroxylation is 1. The van der Waals surface area contributed by atoms with E-state index in [9.17, 15) is 4.79 Å². The number of anilines is 1. The van der Waals surface area contributed by atoms with E-state index in [1.807, 2.05) is 19.1 Å². The van der Waals surface area contributed by atoms with E-state index in [1.54, 1.807) is 31.6 Å². The highest BCUT2D eigenvalue weighted by molar-refractivity contribution is 5.99. The van der Waals surface area contributed by atoms with Crippen molar-refractivity contribution in [1.82, 2.24) is 5.32 Å². The van der Waals surface area contributed by atoms with Gasteiger partial charge in [-0.1, -0.05) is 0 Å². The molecule has 1 aromatic heterocycles. The third kappa shape index (κ3) is 4.02. The van der Waals surface area contributed by atoms with E-state index in [4.69, 9.17) is 14.9 Å². The van der Waals surface area contributed by atoms with Gasteiger partial charge in [-0.15, -0.1) is 0 Å². The minimum Gasteiger partial charge on any atom is -0.497 e. The molecule has 0 spiro atoms. The van der Waals surface area contributed by atoms with Crippen molar-refractivity contribution in [1.29, 1.82) is 0 Å². The molecule has 3 N–H and O–H groups in total. The summed E-state index contributed by atoms with van der Waals surface area (Å²) in [5, 5.41) is 2.94. The molecule has 0 radical (unpaired) electrons. The molecule has 0 bridgehead atoms. The largest absolute Gasteiger partial charge is 0.497 e. The third-order valence-corrected chi connectivity index (χ3v) is 3.28. The number of rotatable bonds is 6. The molecule has 0 fully saturated rings. The Bertz CT molecular complexity index is 594. The van der Waals surface area contributed by atoms with E-state index in [1.165, 1.54) is 0 Å². The lowest BCUT2D eigenvalue weighted by molar-refractivity contribution is 0.0939. The number of benzene rings is 1. The summed E-state index contributed by atoms with van der Waals surface area (Å²) in [6.07, 6.45) is 3.23. The first kappa shape index (κ1) is 15.0. The van der Waals surface area contributed by atoms with Crippen molar-refractivity contribution in [2.75, 3.05) is 12.8 Å². The second-order valence-electron chi connectivity index (χ2n) is 4.95. The highest BCUT2D eigenvalue weighted by atomic mass is 16.5. The van der Waals surface area contributed by atoms with E-state index >= 15 is 0 Å². The highest BCUT2D eigenvalue weighted by Crippen LogP contribution is 2.19. The number of furan rings is 1. The van der Waals surface area contributed by atoms with Gasteiger partial charge in [0.1, 0.15) is 11.5 Å². The van der Waals surface area contributed by atoms with Crippen LogP contribution in [0, 0.1) is 0 Å². The lowest BCUT2D eigenvalue weighted by Crippen LogP contribution is -2.33. The van der Waals surface area contributed by atoms with Crippen LogP contribution in [0.4, 0.5) is 5.69 Å². The van der Waals surface area contributed by atoms with Crippen LogP contribution in [0.5, 0.6) is 5.75 Å². The summed E-state index contributed by atoms with van der Waals surface area (Å²) in [7, 11) is 1.56. The Morgan fingerprint density at radius 1 is 1.43 bits per heavy atom. The Morgan fingerprint density at radius 2 is 2.24 bits per heavy atom. The number of nitrogens with two attached hydrogens (primary N) is 1. The van der Waals surface area contributed by atoms with Crippen LogP contribution >= 0.6 is 0 Å². The van der Waals surface area contributed by atoms with Crippen molar-refractivity contribution in [3.63, 3.8) is 0 Å². The van der Waals surface area contributed by atoms with Gasteiger partial charge in [-0.25, -0.2) is 0 Å². The van der Waals surface area contributed by atoms with Crippen LogP contribution < -0.4 is 15.8 Å². The van der Waals surface area contributed by atoms with Crippen molar-refractivity contribution >= 4 is 11.6 Å². The summed E-state index contributed by atoms with van der Waals surface area (Å²) < 4.78 is 10.3. The van der Waals surface area contributed by atoms with E-state index in [-0.39, 0.29) is 11.9 Å². The molecule has 21 heavy (non-hydrogen) atoms. The second-order valence-corrected chi connectivity index (χ2v) is 4.95. The molecule has 1 amide bonds. The van der Waals surface area contributed by atoms with E-state index in [0.717, 1.165) is 18.6 Å². The van der Waals surface area contributed by atoms with Gasteiger partial charge in [-0.2, -0.15) is 0 Å². The number of nitrogen functional groups attached to an aromatic ring is 1. The molecule has 0 aliphatic carbocycles. The number of hydrogen-bond acceptors (Lipinski definition) is 4. The lowest BCUT2D eigenvalue weighted by atomic mass is 10.1. The molecule has 0 saturated heterocycles. The zero-order chi connectivity index (χ0) is 15.2. The number of carbonyl (C=O) groups is 1. The number of amides is 1. The number of hydrogen-bond donors (Lipinski definition) is 2. The third-order valence-electron chi connectivity index (χ3n) is 3.28. The van der Waals surface area contributed by atoms with Crippen molar-refractivity contribution in [2.45, 2.75) is 25.8 Å². The average Bonchev–Trinajstić information content (AvgIpc) is 2.98. The van der Waals surface area contributed by atoms with Gasteiger partial charge in [0, 0.05) is 24.2 Å². The molecule has 5 heteroatoms. The summed E-state index contributed by atoms with van der Waals surface area (Å²) in [6, 6.07) is 8.85. The van der Waals surface area contributed by atoms with Crippen LogP contribution in [-0.2, 0) is 6.42 Å². The Labute approximate surface area is 124 Å². The van der Waals surface area contributed by atoms with Crippen molar-refractivity contribution < 1.29 is 13.9 Å². The molecule has 2 aromatic rings. The fourth-order valence-electron chi connectivity index (χ4n) is 2.06. The summed E-state index contributed by atoms with van der Waals surface area (Å²) >= 11 is 0. The maximum atomic E-state index is 12.2. The Balaban J connectivity index is 1.91. The minimum absolute atomic E-state index is 0.0316. The molecular weight excluding hydrogens is 268 g/mol. The van der Waals surface area contributed by atoms with Crippen LogP contribution in [0.3, 0.4) is 0 Å². The second kappa shape index (κ2) is 6.83. The van der Waals surface area contributed by atoms with E-state index in [2.05, 4.69) is 5.32 Å². The van der Waals surface area contributed by atoms with E-state index < -0.39 is 0 Å². The van der Waals surface area contributed by atoms with Gasteiger partial charge in [0.2, 0.25) is 0 Å². The molecule has 0 aliphatic rings. The fraction of sp³-hybridized carbons (Fsp3) is 0.312. The van der Waals surface area contributed by atoms with Gasteiger partial charge in [-0.05, 0) is 37.6 Å². The normalized spacial score (nSPS) is 11.9. The predicted octanol–water partition coefficient (Wildman–Crippen LogP) is 2.62. The first-order chi connectivity index (χ1) is 10.1. The van der Waals surface area contributed by atoms with Crippen LogP contribution in [0.1, 0.15) is 29.5 Å². The quantitative estimate of drug-likeness (QED) is 0.801. The van der Waals surface area contributed by atoms with Gasteiger partial charge in [0.25, 0.3) is 5.91 Å². The molecule has 112 valence electrons. The summed E-state index contributed by atoms with van der Waals surface area (Å²) in [6.45, 7) is 1.96. The highest BCUT2D eigenvalue weighted by Gasteiger charge is 2.13. The van der Waals surface area contributed by atoms with Crippen LogP contribution in [-0.4, -0.2) is 19.1 Å². The van der Waals surface area contributed by atoms with Gasteiger partial charge in [0.15, 0.2) is 0 Å². The van der Waals surface area contributed by atoms with Crippen LogP contribution in [0.25, 0.3) is 0 Å². The molecule has 1 heterocycles. The van der Waals surface area contributed by atoms with Crippen molar-refractivity contribution in [3.05, 3.63) is 47.9 Å². The number of methoxy groups -OCH3 is 1. The topological polar surface area (TPSA) is 77.5 Å². The van der Waals surface area contributed by atoms with Crippen molar-refractivity contribution in [2.24, 2.45) is 0 Å². The van der Waals surface area contributed by atoms with Crippen LogP contribution in [0.2, 0.25) is 0 Å². The van der Waals surface area contributed by atoms with Gasteiger partial charge in [0.05, 0.1) is 18.9 Å². The van der Waals surface area contributed by atoms with Gasteiger partial charge >= 0.3 is 0 Å². The molecule has 0 aliphatic heterocycles. The summed E-state index contributed by atoms with van der Waals surface area (Å²) in [5.41, 5.74) is 6.74. The molecule has 1 aromatic carbocycles. The Kier molecular flexibility index (Phi) is 4.87. The monoisotopic (exact) mass is 288 g/mol. The Hall–Kier alpha value is -2.43. The summed E-state index contributed by atoms with van der Waals surface area (Å²) in [4.78, 5) is 12.2. The predicted molar refractivity (Wildman–Crippen MR) is 81.4 cm³/mol. The molecule has 2 rings (SSSR count). The van der Waals surface area contributed by atoms with Gasteiger partial charge in [-0.3, -0.25) is 4.79 Å². The zero-order valence-electron chi connectivity index (χ0n) is 12.3. The standard InChI is InChI=1S/C16H20N2O3/c1-11(5-6-12-4-3-9-21-12)18-16(19)14-8-7-13(20-2)10-15(14)17/h3-4,7-11H,5-6,17H2,1-2H3,(H,18,19). The fourth-order valence-corrected chi connectivity index (χ4v) is 2.06. The lowest BCUT2D eigenvalue weighted by Gasteiger charge is -2.14. The molecule has 0 saturated carbocycles.